The lowest BCUT2D eigenvalue weighted by molar-refractivity contribution is 0.669. The summed E-state index contributed by atoms with van der Waals surface area (Å²) in [6, 6.07) is 54.1. The summed E-state index contributed by atoms with van der Waals surface area (Å²) in [5.74, 6) is 0. The van der Waals surface area contributed by atoms with E-state index in [0.29, 0.717) is 0 Å². The number of hydrogen-bond donors (Lipinski definition) is 0. The molecule has 7 aromatic carbocycles. The number of thiophene rings is 1. The van der Waals surface area contributed by atoms with Crippen LogP contribution in [0, 0.1) is 0 Å². The number of hydrogen-bond acceptors (Lipinski definition) is 3. The van der Waals surface area contributed by atoms with E-state index >= 15 is 0 Å². The average molecular weight is 604 g/mol. The van der Waals surface area contributed by atoms with E-state index in [2.05, 4.69) is 146 Å². The Kier molecular flexibility index (Phi) is 5.48. The molecular formula is C43H25NOS. The number of rotatable bonds is 3. The molecule has 10 aromatic rings. The smallest absolute Gasteiger partial charge is 0.136 e. The van der Waals surface area contributed by atoms with Gasteiger partial charge in [0.15, 0.2) is 0 Å². The molecule has 0 radical (unpaired) electrons. The van der Waals surface area contributed by atoms with Crippen LogP contribution in [0.15, 0.2) is 156 Å². The second-order valence-electron chi connectivity index (χ2n) is 11.8. The summed E-state index contributed by atoms with van der Waals surface area (Å²) < 4.78 is 9.23. The molecule has 0 aliphatic rings. The maximum Gasteiger partial charge on any atom is 0.136 e. The van der Waals surface area contributed by atoms with E-state index < -0.39 is 0 Å². The first-order chi connectivity index (χ1) is 22.8. The zero-order chi connectivity index (χ0) is 30.2. The maximum absolute atomic E-state index is 6.61. The van der Waals surface area contributed by atoms with E-state index in [1.54, 1.807) is 0 Å². The Morgan fingerprint density at radius 2 is 1.13 bits per heavy atom. The highest BCUT2D eigenvalue weighted by molar-refractivity contribution is 7.25. The van der Waals surface area contributed by atoms with Crippen molar-refractivity contribution in [2.24, 2.45) is 0 Å². The highest BCUT2D eigenvalue weighted by atomic mass is 32.1. The van der Waals surface area contributed by atoms with Crippen LogP contribution in [-0.4, -0.2) is 4.98 Å². The Morgan fingerprint density at radius 1 is 0.435 bits per heavy atom. The first kappa shape index (κ1) is 25.5. The van der Waals surface area contributed by atoms with Crippen molar-refractivity contribution >= 4 is 75.1 Å². The second-order valence-corrected chi connectivity index (χ2v) is 12.9. The first-order valence-electron chi connectivity index (χ1n) is 15.5. The summed E-state index contributed by atoms with van der Waals surface area (Å²) in [7, 11) is 0. The molecule has 0 amide bonds. The lowest BCUT2D eigenvalue weighted by Crippen LogP contribution is -1.93. The molecule has 0 spiro atoms. The highest BCUT2D eigenvalue weighted by Gasteiger charge is 2.22. The van der Waals surface area contributed by atoms with Gasteiger partial charge in [0.05, 0.1) is 11.2 Å². The van der Waals surface area contributed by atoms with E-state index in [9.17, 15) is 0 Å². The quantitative estimate of drug-likeness (QED) is 0.188. The molecule has 0 atom stereocenters. The van der Waals surface area contributed by atoms with Crippen molar-refractivity contribution < 1.29 is 4.42 Å². The van der Waals surface area contributed by atoms with Crippen LogP contribution in [0.2, 0.25) is 0 Å². The summed E-state index contributed by atoms with van der Waals surface area (Å²) in [5, 5.41) is 8.29. The maximum atomic E-state index is 6.61. The van der Waals surface area contributed by atoms with Crippen molar-refractivity contribution in [3.8, 4) is 33.5 Å². The number of nitrogens with zero attached hydrogens (tertiary/aromatic N) is 1. The summed E-state index contributed by atoms with van der Waals surface area (Å²) in [6.07, 6.45) is 0. The first-order valence-corrected chi connectivity index (χ1v) is 16.4. The number of pyridine rings is 1. The molecule has 0 fully saturated rings. The minimum atomic E-state index is 0.870. The molecule has 3 aromatic heterocycles. The minimum Gasteiger partial charge on any atom is -0.456 e. The summed E-state index contributed by atoms with van der Waals surface area (Å²) in [6.45, 7) is 0. The lowest BCUT2D eigenvalue weighted by atomic mass is 9.88. The van der Waals surface area contributed by atoms with Gasteiger partial charge < -0.3 is 4.42 Å². The van der Waals surface area contributed by atoms with E-state index in [4.69, 9.17) is 9.40 Å². The third kappa shape index (κ3) is 3.73. The van der Waals surface area contributed by atoms with E-state index in [1.165, 1.54) is 42.2 Å². The molecule has 0 aliphatic carbocycles. The Balaban J connectivity index is 1.37. The van der Waals surface area contributed by atoms with Crippen molar-refractivity contribution in [3.63, 3.8) is 0 Å². The molecule has 0 bridgehead atoms. The summed E-state index contributed by atoms with van der Waals surface area (Å²) in [5.41, 5.74) is 9.57. The predicted octanol–water partition coefficient (Wildman–Crippen LogP) is 12.7. The van der Waals surface area contributed by atoms with Crippen molar-refractivity contribution in [1.82, 2.24) is 4.98 Å². The van der Waals surface area contributed by atoms with Crippen LogP contribution in [-0.2, 0) is 0 Å². The number of fused-ring (bicyclic) bond motifs is 9. The van der Waals surface area contributed by atoms with Gasteiger partial charge in [0.25, 0.3) is 0 Å². The Morgan fingerprint density at radius 3 is 2.04 bits per heavy atom. The van der Waals surface area contributed by atoms with Gasteiger partial charge in [-0.15, -0.1) is 11.3 Å². The van der Waals surface area contributed by atoms with Crippen molar-refractivity contribution in [1.29, 1.82) is 0 Å². The molecule has 0 N–H and O–H groups in total. The number of aromatic nitrogens is 1. The summed E-state index contributed by atoms with van der Waals surface area (Å²) in [4.78, 5) is 5.25. The van der Waals surface area contributed by atoms with Crippen LogP contribution < -0.4 is 0 Å². The van der Waals surface area contributed by atoms with Gasteiger partial charge in [0.2, 0.25) is 0 Å². The van der Waals surface area contributed by atoms with Gasteiger partial charge in [0.1, 0.15) is 11.2 Å². The van der Waals surface area contributed by atoms with Crippen molar-refractivity contribution in [2.45, 2.75) is 0 Å². The highest BCUT2D eigenvalue weighted by Crippen LogP contribution is 2.47. The predicted molar refractivity (Wildman–Crippen MR) is 196 cm³/mol. The molecule has 3 heterocycles. The number of benzene rings is 7. The van der Waals surface area contributed by atoms with Crippen LogP contribution in [0.1, 0.15) is 0 Å². The summed E-state index contributed by atoms with van der Waals surface area (Å²) >= 11 is 1.86. The Hall–Kier alpha value is -5.77. The monoisotopic (exact) mass is 603 g/mol. The van der Waals surface area contributed by atoms with Crippen LogP contribution >= 0.6 is 11.3 Å². The van der Waals surface area contributed by atoms with Gasteiger partial charge >= 0.3 is 0 Å². The van der Waals surface area contributed by atoms with Gasteiger partial charge in [0, 0.05) is 58.2 Å². The Bertz CT molecular complexity index is 2810. The number of furan rings is 1. The van der Waals surface area contributed by atoms with Crippen LogP contribution in [0.5, 0.6) is 0 Å². The molecule has 0 saturated heterocycles. The third-order valence-corrected chi connectivity index (χ3v) is 10.4. The van der Waals surface area contributed by atoms with Gasteiger partial charge in [-0.25, -0.2) is 4.98 Å². The molecule has 0 unspecified atom stereocenters. The minimum absolute atomic E-state index is 0.870. The standard InChI is InChI=1S/C43H25NOS/c1-2-12-26(13-3-1)43-33-25-36-42(31-17-5-8-21-35(31)45-36)39(41(33)30-16-4-7-20-34(30)44-43)28-15-10-14-27(24-28)29-19-11-23-38-40(29)32-18-6-9-22-37(32)46-38/h1-25H. The number of para-hydroxylation sites is 2. The van der Waals surface area contributed by atoms with Crippen molar-refractivity contribution in [3.05, 3.63) is 152 Å². The van der Waals surface area contributed by atoms with Crippen LogP contribution in [0.25, 0.3) is 97.3 Å². The molecule has 0 aliphatic heterocycles. The fourth-order valence-corrected chi connectivity index (χ4v) is 8.41. The molecule has 2 nitrogen and oxygen atoms in total. The normalized spacial score (nSPS) is 11.9. The van der Waals surface area contributed by atoms with Crippen LogP contribution in [0.3, 0.4) is 0 Å². The van der Waals surface area contributed by atoms with Crippen molar-refractivity contribution in [2.75, 3.05) is 0 Å². The van der Waals surface area contributed by atoms with E-state index in [-0.39, 0.29) is 0 Å². The fourth-order valence-electron chi connectivity index (χ4n) is 7.28. The second kappa shape index (κ2) is 9.87. The molecule has 3 heteroatoms. The van der Waals surface area contributed by atoms with Crippen LogP contribution in [0.4, 0.5) is 0 Å². The fraction of sp³-hybridized carbons (Fsp3) is 0. The van der Waals surface area contributed by atoms with Gasteiger partial charge in [-0.05, 0) is 53.1 Å². The van der Waals surface area contributed by atoms with Gasteiger partial charge in [-0.3, -0.25) is 0 Å². The zero-order valence-corrected chi connectivity index (χ0v) is 25.5. The topological polar surface area (TPSA) is 26.0 Å². The van der Waals surface area contributed by atoms with Gasteiger partial charge in [-0.1, -0.05) is 115 Å². The molecule has 0 saturated carbocycles. The average Bonchev–Trinajstić information content (AvgIpc) is 3.69. The third-order valence-electron chi connectivity index (χ3n) is 9.24. The SMILES string of the molecule is c1ccc(-c2nc3ccccc3c3c(-c4cccc(-c5cccc6sc7ccccc7c56)c4)c4c(cc23)oc2ccccc24)cc1. The molecular weight excluding hydrogens is 579 g/mol. The molecule has 46 heavy (non-hydrogen) atoms. The molecule has 10 rings (SSSR count). The Labute approximate surface area is 268 Å². The van der Waals surface area contributed by atoms with E-state index in [1.807, 2.05) is 17.4 Å². The van der Waals surface area contributed by atoms with E-state index in [0.717, 1.165) is 55.0 Å². The lowest BCUT2D eigenvalue weighted by Gasteiger charge is -2.16. The largest absolute Gasteiger partial charge is 0.456 e. The van der Waals surface area contributed by atoms with Gasteiger partial charge in [-0.2, -0.15) is 0 Å². The zero-order valence-electron chi connectivity index (χ0n) is 24.7. The molecule has 214 valence electrons.